The minimum absolute atomic E-state index is 0.279. The first-order chi connectivity index (χ1) is 22.8. The fourth-order valence-electron chi connectivity index (χ4n) is 5.41. The summed E-state index contributed by atoms with van der Waals surface area (Å²) in [6, 6.07) is 8.98. The van der Waals surface area contributed by atoms with E-state index in [1.807, 2.05) is 59.7 Å². The van der Waals surface area contributed by atoms with Gasteiger partial charge >= 0.3 is 29.7 Å². The van der Waals surface area contributed by atoms with Gasteiger partial charge in [0.05, 0.1) is 16.7 Å². The van der Waals surface area contributed by atoms with Crippen molar-refractivity contribution in [1.29, 1.82) is 0 Å². The molecule has 2 N–H and O–H groups in total. The van der Waals surface area contributed by atoms with Gasteiger partial charge in [0.1, 0.15) is 0 Å². The van der Waals surface area contributed by atoms with Gasteiger partial charge in [-0.15, -0.1) is 0 Å². The van der Waals surface area contributed by atoms with Crippen LogP contribution in [0.3, 0.4) is 0 Å². The summed E-state index contributed by atoms with van der Waals surface area (Å²) in [5.74, 6) is 0. The Bertz CT molecular complexity index is 1340. The molecule has 13 nitrogen and oxygen atoms in total. The van der Waals surface area contributed by atoms with E-state index in [0.717, 1.165) is 10.3 Å². The van der Waals surface area contributed by atoms with E-state index in [2.05, 4.69) is 20.6 Å². The van der Waals surface area contributed by atoms with E-state index in [1.165, 1.54) is 0 Å². The lowest BCUT2D eigenvalue weighted by molar-refractivity contribution is 0.0701. The predicted octanol–water partition coefficient (Wildman–Crippen LogP) is 5.89. The molecule has 15 heteroatoms. The largest absolute Gasteiger partial charge is 0.500 e. The Morgan fingerprint density at radius 3 is 1.53 bits per heavy atom. The summed E-state index contributed by atoms with van der Waals surface area (Å²) in [4.78, 5) is 38.0. The number of benzene rings is 1. The summed E-state index contributed by atoms with van der Waals surface area (Å²) in [6.45, 7) is 14.8. The van der Waals surface area contributed by atoms with Crippen molar-refractivity contribution in [2.45, 2.75) is 66.5 Å². The van der Waals surface area contributed by atoms with E-state index in [1.54, 1.807) is 24.5 Å². The summed E-state index contributed by atoms with van der Waals surface area (Å²) >= 11 is 0. The molecular weight excluding hydrogens is 639 g/mol. The van der Waals surface area contributed by atoms with Gasteiger partial charge in [0, 0.05) is 88.0 Å². The van der Waals surface area contributed by atoms with Gasteiger partial charge in [-0.25, -0.2) is 14.5 Å². The molecule has 0 aliphatic carbocycles. The van der Waals surface area contributed by atoms with Crippen LogP contribution in [0, 0.1) is 0 Å². The highest BCUT2D eigenvalue weighted by Crippen LogP contribution is 2.32. The van der Waals surface area contributed by atoms with Gasteiger partial charge in [0.15, 0.2) is 0 Å². The first-order valence-corrected chi connectivity index (χ1v) is 20.5. The fraction of sp³-hybridized carbons (Fsp3) is 0.562. The number of aromatic nitrogens is 2. The Morgan fingerprint density at radius 2 is 1.09 bits per heavy atom. The molecule has 3 aromatic rings. The molecule has 0 bridgehead atoms. The first kappa shape index (κ1) is 38.4. The van der Waals surface area contributed by atoms with Crippen LogP contribution in [-0.2, 0) is 26.6 Å². The number of imide groups is 1. The third-order valence-electron chi connectivity index (χ3n) is 7.14. The number of nitrogens with one attached hydrogen (secondary N) is 2. The third kappa shape index (κ3) is 10.5. The molecular formula is C32H51N5O8Si2. The lowest BCUT2D eigenvalue weighted by atomic mass is 10.1. The summed E-state index contributed by atoms with van der Waals surface area (Å²) < 4.78 is 35.7. The highest BCUT2D eigenvalue weighted by molar-refractivity contribution is 6.61. The summed E-state index contributed by atoms with van der Waals surface area (Å²) in [6.07, 6.45) is 4.44. The summed E-state index contributed by atoms with van der Waals surface area (Å²) in [7, 11) is -5.78. The number of hydrogen-bond donors (Lipinski definition) is 2. The molecule has 0 atom stereocenters. The lowest BCUT2D eigenvalue weighted by Gasteiger charge is -2.29. The Balaban J connectivity index is 1.85. The molecule has 0 radical (unpaired) electrons. The van der Waals surface area contributed by atoms with Crippen molar-refractivity contribution in [3.8, 4) is 0 Å². The molecule has 260 valence electrons. The Labute approximate surface area is 280 Å². The number of carbonyl (C=O) groups is 2. The average molecular weight is 690 g/mol. The minimum atomic E-state index is -2.89. The predicted molar refractivity (Wildman–Crippen MR) is 186 cm³/mol. The standard InChI is InChI=1S/C32H51N5O8Si2/c1-7-40-46(41-8-2,42-9-3)23-15-21-35-31(38)37(32(39)36-22-16-24-47(43-10-4,44-11-5)45-12-6)28-25-26-17-13-19-33-29(26)30-27(28)18-14-20-34-30/h13-14,17-20,25H,7-12,15-16,21-24H2,1-6H3,(H,35,38)(H,36,39). The molecule has 4 amide bonds. The van der Waals surface area contributed by atoms with E-state index in [0.29, 0.717) is 86.7 Å². The summed E-state index contributed by atoms with van der Waals surface area (Å²) in [5, 5.41) is 7.23. The van der Waals surface area contributed by atoms with Crippen molar-refractivity contribution in [3.05, 3.63) is 42.7 Å². The van der Waals surface area contributed by atoms with Gasteiger partial charge in [-0.05, 0) is 78.6 Å². The van der Waals surface area contributed by atoms with E-state index in [-0.39, 0.29) is 13.1 Å². The van der Waals surface area contributed by atoms with Gasteiger partial charge in [0.2, 0.25) is 0 Å². The SMILES string of the molecule is CCO[Si](CCCNC(=O)N(C(=O)NCCC[Si](OCC)(OCC)OCC)c1cc2cccnc2c2ncccc12)(OCC)OCC. The van der Waals surface area contributed by atoms with Crippen molar-refractivity contribution in [1.82, 2.24) is 20.6 Å². The third-order valence-corrected chi connectivity index (χ3v) is 13.4. The van der Waals surface area contributed by atoms with Crippen molar-refractivity contribution in [2.24, 2.45) is 0 Å². The zero-order chi connectivity index (χ0) is 34.1. The van der Waals surface area contributed by atoms with Crippen molar-refractivity contribution >= 4 is 57.2 Å². The van der Waals surface area contributed by atoms with Crippen LogP contribution in [0.25, 0.3) is 21.8 Å². The zero-order valence-corrected chi connectivity index (χ0v) is 30.6. The second-order valence-electron chi connectivity index (χ2n) is 10.3. The number of anilines is 1. The molecule has 0 saturated heterocycles. The van der Waals surface area contributed by atoms with Gasteiger partial charge in [-0.1, -0.05) is 6.07 Å². The number of hydrogen-bond acceptors (Lipinski definition) is 10. The van der Waals surface area contributed by atoms with Gasteiger partial charge in [-0.2, -0.15) is 0 Å². The summed E-state index contributed by atoms with van der Waals surface area (Å²) in [5.41, 5.74) is 1.67. The van der Waals surface area contributed by atoms with Gasteiger partial charge in [-0.3, -0.25) is 9.97 Å². The minimum Gasteiger partial charge on any atom is -0.374 e. The number of urea groups is 2. The maximum Gasteiger partial charge on any atom is 0.500 e. The highest BCUT2D eigenvalue weighted by Gasteiger charge is 2.41. The Morgan fingerprint density at radius 1 is 0.660 bits per heavy atom. The topological polar surface area (TPSA) is 143 Å². The fourth-order valence-corrected chi connectivity index (χ4v) is 10.6. The van der Waals surface area contributed by atoms with Crippen LogP contribution in [0.5, 0.6) is 0 Å². The average Bonchev–Trinajstić information content (AvgIpc) is 3.06. The van der Waals surface area contributed by atoms with Crippen molar-refractivity contribution in [3.63, 3.8) is 0 Å². The molecule has 0 saturated carbocycles. The molecule has 0 aliphatic rings. The van der Waals surface area contributed by atoms with Crippen LogP contribution in [0.15, 0.2) is 42.7 Å². The lowest BCUT2D eigenvalue weighted by Crippen LogP contribution is -2.50. The van der Waals surface area contributed by atoms with Crippen molar-refractivity contribution < 1.29 is 36.1 Å². The maximum atomic E-state index is 13.9. The number of nitrogens with zero attached hydrogens (tertiary/aromatic N) is 3. The van der Waals surface area contributed by atoms with Crippen LogP contribution in [0.4, 0.5) is 15.3 Å². The maximum absolute atomic E-state index is 13.9. The van der Waals surface area contributed by atoms with Gasteiger partial charge < -0.3 is 37.2 Å². The number of pyridine rings is 2. The second-order valence-corrected chi connectivity index (χ2v) is 15.8. The van der Waals surface area contributed by atoms with Crippen molar-refractivity contribution in [2.75, 3.05) is 57.6 Å². The molecule has 0 fully saturated rings. The number of amides is 4. The van der Waals surface area contributed by atoms with E-state index < -0.39 is 29.7 Å². The van der Waals surface area contributed by atoms with E-state index in [9.17, 15) is 9.59 Å². The molecule has 0 spiro atoms. The molecule has 0 unspecified atom stereocenters. The van der Waals surface area contributed by atoms with Gasteiger partial charge in [0.25, 0.3) is 0 Å². The molecule has 3 rings (SSSR count). The Hall–Kier alpha value is -3.03. The quantitative estimate of drug-likeness (QED) is 0.0790. The monoisotopic (exact) mass is 689 g/mol. The zero-order valence-electron chi connectivity index (χ0n) is 28.6. The normalized spacial score (nSPS) is 12.0. The van der Waals surface area contributed by atoms with E-state index in [4.69, 9.17) is 26.6 Å². The smallest absolute Gasteiger partial charge is 0.374 e. The van der Waals surface area contributed by atoms with Crippen LogP contribution < -0.4 is 15.5 Å². The van der Waals surface area contributed by atoms with Crippen LogP contribution >= 0.6 is 0 Å². The number of fused-ring (bicyclic) bond motifs is 3. The van der Waals surface area contributed by atoms with Crippen LogP contribution in [0.1, 0.15) is 54.4 Å². The highest BCUT2D eigenvalue weighted by atomic mass is 28.4. The molecule has 2 heterocycles. The first-order valence-electron chi connectivity index (χ1n) is 16.6. The second kappa shape index (κ2) is 19.7. The number of rotatable bonds is 21. The molecule has 47 heavy (non-hydrogen) atoms. The molecule has 1 aromatic carbocycles. The van der Waals surface area contributed by atoms with Crippen LogP contribution in [0.2, 0.25) is 12.1 Å². The molecule has 0 aliphatic heterocycles. The van der Waals surface area contributed by atoms with E-state index >= 15 is 0 Å². The number of carbonyl (C=O) groups excluding carboxylic acids is 2. The molecule has 2 aromatic heterocycles. The van der Waals surface area contributed by atoms with Crippen LogP contribution in [-0.4, -0.2) is 92.4 Å². The Kier molecular flexibility index (Phi) is 16.1.